The Morgan fingerprint density at radius 2 is 1.59 bits per heavy atom. The van der Waals surface area contributed by atoms with Crippen molar-refractivity contribution in [3.8, 4) is 5.75 Å². The normalized spacial score (nSPS) is 21.8. The number of anilines is 2. The second kappa shape index (κ2) is 9.52. The zero-order valence-electron chi connectivity index (χ0n) is 19.1. The van der Waals surface area contributed by atoms with Crippen molar-refractivity contribution >= 4 is 35.0 Å². The number of hydroxylamine groups is 1. The summed E-state index contributed by atoms with van der Waals surface area (Å²) in [6, 6.07) is 24.3. The number of imide groups is 1. The molecule has 0 unspecified atom stereocenters. The first kappa shape index (κ1) is 22.5. The highest BCUT2D eigenvalue weighted by Gasteiger charge is 2.60. The standard InChI is InChI=1S/C27H26N2O4S/c1-3-17-32-21-13-11-19(12-14-21)28-26(30)23-24(18-9-15-22(34-2)16-10-18)29(33-25(23)27(28)31)20-7-5-4-6-8-20/h4-16,23-25H,3,17H2,1-2H3/t23-,24+,25+/m0/s1. The Balaban J connectivity index is 1.49. The van der Waals surface area contributed by atoms with Gasteiger partial charge in [-0.05, 0) is 66.8 Å². The number of para-hydroxylation sites is 1. The van der Waals surface area contributed by atoms with Crippen LogP contribution in [0.25, 0.3) is 0 Å². The summed E-state index contributed by atoms with van der Waals surface area (Å²) in [6.07, 6.45) is 2.05. The number of nitrogens with zero attached hydrogens (tertiary/aromatic N) is 2. The summed E-state index contributed by atoms with van der Waals surface area (Å²) < 4.78 is 5.64. The van der Waals surface area contributed by atoms with Crippen molar-refractivity contribution in [3.63, 3.8) is 0 Å². The fourth-order valence-electron chi connectivity index (χ4n) is 4.52. The van der Waals surface area contributed by atoms with Gasteiger partial charge in [0.2, 0.25) is 5.91 Å². The van der Waals surface area contributed by atoms with Gasteiger partial charge in [0.15, 0.2) is 6.10 Å². The highest BCUT2D eigenvalue weighted by atomic mass is 32.2. The summed E-state index contributed by atoms with van der Waals surface area (Å²) in [4.78, 5) is 35.7. The average Bonchev–Trinajstić information content (AvgIpc) is 3.39. The summed E-state index contributed by atoms with van der Waals surface area (Å²) in [5, 5.41) is 1.72. The number of hydrogen-bond donors (Lipinski definition) is 0. The fraction of sp³-hybridized carbons (Fsp3) is 0.259. The molecule has 2 aliphatic heterocycles. The molecule has 2 saturated heterocycles. The lowest BCUT2D eigenvalue weighted by Crippen LogP contribution is -2.37. The highest BCUT2D eigenvalue weighted by molar-refractivity contribution is 7.98. The number of ether oxygens (including phenoxy) is 1. The maximum Gasteiger partial charge on any atom is 0.266 e. The minimum absolute atomic E-state index is 0.255. The van der Waals surface area contributed by atoms with Crippen molar-refractivity contribution in [1.29, 1.82) is 0 Å². The minimum atomic E-state index is -0.881. The van der Waals surface area contributed by atoms with E-state index in [0.29, 0.717) is 18.0 Å². The van der Waals surface area contributed by atoms with Gasteiger partial charge in [-0.15, -0.1) is 11.8 Å². The largest absolute Gasteiger partial charge is 0.494 e. The van der Waals surface area contributed by atoms with Crippen LogP contribution in [0, 0.1) is 5.92 Å². The molecule has 0 aromatic heterocycles. The molecular formula is C27H26N2O4S. The zero-order valence-corrected chi connectivity index (χ0v) is 19.9. The molecule has 174 valence electrons. The summed E-state index contributed by atoms with van der Waals surface area (Å²) in [6.45, 7) is 2.66. The third-order valence-corrected chi connectivity index (χ3v) is 6.89. The lowest BCUT2D eigenvalue weighted by atomic mass is 9.90. The monoisotopic (exact) mass is 474 g/mol. The van der Waals surface area contributed by atoms with Gasteiger partial charge < -0.3 is 4.74 Å². The number of carbonyl (C=O) groups is 2. The Kier molecular flexibility index (Phi) is 6.30. The molecule has 2 heterocycles. The average molecular weight is 475 g/mol. The van der Waals surface area contributed by atoms with E-state index < -0.39 is 18.1 Å². The number of amides is 2. The third kappa shape index (κ3) is 3.95. The van der Waals surface area contributed by atoms with Gasteiger partial charge in [-0.3, -0.25) is 14.4 Å². The van der Waals surface area contributed by atoms with Gasteiger partial charge in [-0.1, -0.05) is 37.3 Å². The second-order valence-corrected chi connectivity index (χ2v) is 9.17. The summed E-state index contributed by atoms with van der Waals surface area (Å²) in [7, 11) is 0. The molecule has 34 heavy (non-hydrogen) atoms. The van der Waals surface area contributed by atoms with E-state index in [2.05, 4.69) is 0 Å². The second-order valence-electron chi connectivity index (χ2n) is 8.29. The molecule has 2 aliphatic rings. The van der Waals surface area contributed by atoms with Gasteiger partial charge in [-0.2, -0.15) is 0 Å². The van der Waals surface area contributed by atoms with Gasteiger partial charge >= 0.3 is 0 Å². The molecule has 0 bridgehead atoms. The molecule has 3 aromatic carbocycles. The lowest BCUT2D eigenvalue weighted by molar-refractivity contribution is -0.126. The number of benzene rings is 3. The van der Waals surface area contributed by atoms with Crippen molar-refractivity contribution < 1.29 is 19.2 Å². The predicted molar refractivity (Wildman–Crippen MR) is 133 cm³/mol. The Hall–Kier alpha value is -3.29. The van der Waals surface area contributed by atoms with Crippen LogP contribution in [0.5, 0.6) is 5.75 Å². The lowest BCUT2D eigenvalue weighted by Gasteiger charge is -2.28. The van der Waals surface area contributed by atoms with E-state index >= 15 is 0 Å². The zero-order chi connectivity index (χ0) is 23.7. The van der Waals surface area contributed by atoms with Crippen LogP contribution in [0.4, 0.5) is 11.4 Å². The van der Waals surface area contributed by atoms with E-state index in [1.165, 1.54) is 4.90 Å². The van der Waals surface area contributed by atoms with E-state index in [1.807, 2.05) is 67.8 Å². The van der Waals surface area contributed by atoms with Gasteiger partial charge in [0.1, 0.15) is 11.7 Å². The molecule has 7 heteroatoms. The molecule has 2 amide bonds. The molecule has 5 rings (SSSR count). The maximum atomic E-state index is 13.7. The maximum absolute atomic E-state index is 13.7. The Labute approximate surface area is 203 Å². The molecule has 0 spiro atoms. The number of fused-ring (bicyclic) bond motifs is 1. The van der Waals surface area contributed by atoms with Crippen molar-refractivity contribution in [1.82, 2.24) is 0 Å². The van der Waals surface area contributed by atoms with Crippen molar-refractivity contribution in [2.45, 2.75) is 30.4 Å². The molecule has 6 nitrogen and oxygen atoms in total. The van der Waals surface area contributed by atoms with Gasteiger partial charge in [0.05, 0.1) is 24.0 Å². The summed E-state index contributed by atoms with van der Waals surface area (Å²) in [5.74, 6) is -0.539. The number of thioether (sulfide) groups is 1. The number of hydrogen-bond acceptors (Lipinski definition) is 6. The third-order valence-electron chi connectivity index (χ3n) is 6.15. The first-order valence-corrected chi connectivity index (χ1v) is 12.6. The summed E-state index contributed by atoms with van der Waals surface area (Å²) >= 11 is 1.66. The molecule has 0 saturated carbocycles. The Morgan fingerprint density at radius 1 is 0.882 bits per heavy atom. The molecule has 0 N–H and O–H groups in total. The molecule has 3 atom stereocenters. The van der Waals surface area contributed by atoms with Crippen LogP contribution in [-0.2, 0) is 14.4 Å². The van der Waals surface area contributed by atoms with E-state index in [9.17, 15) is 9.59 Å². The predicted octanol–water partition coefficient (Wildman–Crippen LogP) is 5.25. The van der Waals surface area contributed by atoms with Crippen molar-refractivity contribution in [3.05, 3.63) is 84.4 Å². The Morgan fingerprint density at radius 3 is 2.24 bits per heavy atom. The number of carbonyl (C=O) groups excluding carboxylic acids is 2. The van der Waals surface area contributed by atoms with Crippen molar-refractivity contribution in [2.75, 3.05) is 22.8 Å². The van der Waals surface area contributed by atoms with Crippen LogP contribution in [0.1, 0.15) is 24.9 Å². The summed E-state index contributed by atoms with van der Waals surface area (Å²) in [5.41, 5.74) is 2.26. The molecule has 2 fully saturated rings. The van der Waals surface area contributed by atoms with E-state index in [-0.39, 0.29) is 11.8 Å². The minimum Gasteiger partial charge on any atom is -0.494 e. The van der Waals surface area contributed by atoms with Crippen molar-refractivity contribution in [2.24, 2.45) is 5.92 Å². The highest BCUT2D eigenvalue weighted by Crippen LogP contribution is 2.47. The Bertz CT molecular complexity index is 1170. The van der Waals surface area contributed by atoms with Crippen LogP contribution in [0.15, 0.2) is 83.8 Å². The van der Waals surface area contributed by atoms with E-state index in [0.717, 1.165) is 22.6 Å². The van der Waals surface area contributed by atoms with Gasteiger partial charge in [0, 0.05) is 4.90 Å². The first-order chi connectivity index (χ1) is 16.6. The quantitative estimate of drug-likeness (QED) is 0.344. The molecular weight excluding hydrogens is 448 g/mol. The number of rotatable bonds is 7. The van der Waals surface area contributed by atoms with Gasteiger partial charge in [-0.25, -0.2) is 9.96 Å². The van der Waals surface area contributed by atoms with E-state index in [1.54, 1.807) is 41.1 Å². The molecule has 0 aliphatic carbocycles. The van der Waals surface area contributed by atoms with Gasteiger partial charge in [0.25, 0.3) is 5.91 Å². The SMILES string of the molecule is CCCOc1ccc(N2C(=O)[C@H]3[C@@H](c4ccc(SC)cc4)N(c4ccccc4)O[C@H]3C2=O)cc1. The topological polar surface area (TPSA) is 59.1 Å². The smallest absolute Gasteiger partial charge is 0.266 e. The van der Waals surface area contributed by atoms with Crippen LogP contribution in [-0.4, -0.2) is 30.8 Å². The fourth-order valence-corrected chi connectivity index (χ4v) is 4.93. The van der Waals surface area contributed by atoms with Crippen LogP contribution < -0.4 is 14.7 Å². The van der Waals surface area contributed by atoms with Crippen LogP contribution in [0.2, 0.25) is 0 Å². The first-order valence-electron chi connectivity index (χ1n) is 11.4. The molecule has 3 aromatic rings. The van der Waals surface area contributed by atoms with Crippen LogP contribution >= 0.6 is 11.8 Å². The van der Waals surface area contributed by atoms with Crippen LogP contribution in [0.3, 0.4) is 0 Å². The molecule has 0 radical (unpaired) electrons. The van der Waals surface area contributed by atoms with E-state index in [4.69, 9.17) is 9.57 Å².